The Bertz CT molecular complexity index is 589. The molecule has 1 saturated heterocycles. The monoisotopic (exact) mass is 367 g/mol. The first-order valence-corrected chi connectivity index (χ1v) is 9.09. The number of hydrogen-bond donors (Lipinski definition) is 3. The van der Waals surface area contributed by atoms with Crippen LogP contribution in [0.25, 0.3) is 0 Å². The van der Waals surface area contributed by atoms with Crippen LogP contribution < -0.4 is 11.2 Å². The van der Waals surface area contributed by atoms with Gasteiger partial charge in [-0.3, -0.25) is 14.8 Å². The van der Waals surface area contributed by atoms with Crippen molar-refractivity contribution in [2.24, 2.45) is 11.7 Å². The highest BCUT2D eigenvalue weighted by atomic mass is 35.5. The maximum Gasteiger partial charge on any atom is 0.243 e. The third-order valence-corrected chi connectivity index (χ3v) is 5.01. The lowest BCUT2D eigenvalue weighted by Gasteiger charge is -2.32. The van der Waals surface area contributed by atoms with Crippen LogP contribution in [0, 0.1) is 5.92 Å². The van der Waals surface area contributed by atoms with Gasteiger partial charge in [-0.2, -0.15) is 0 Å². The molecule has 1 aromatic carbocycles. The predicted octanol–water partition coefficient (Wildman–Crippen LogP) is 2.64. The van der Waals surface area contributed by atoms with E-state index in [-0.39, 0.29) is 24.3 Å². The van der Waals surface area contributed by atoms with E-state index in [2.05, 4.69) is 0 Å². The van der Waals surface area contributed by atoms with Crippen molar-refractivity contribution in [1.82, 2.24) is 10.4 Å². The molecule has 1 heterocycles. The van der Waals surface area contributed by atoms with E-state index in [4.69, 9.17) is 22.5 Å². The second-order valence-electron chi connectivity index (χ2n) is 6.62. The van der Waals surface area contributed by atoms with Crippen LogP contribution in [0.5, 0.6) is 0 Å². The number of benzene rings is 1. The summed E-state index contributed by atoms with van der Waals surface area (Å²) in [6, 6.07) is 6.97. The largest absolute Gasteiger partial charge is 0.343 e. The van der Waals surface area contributed by atoms with E-state index in [1.54, 1.807) is 17.6 Å². The van der Waals surface area contributed by atoms with E-state index in [0.29, 0.717) is 17.4 Å². The van der Waals surface area contributed by atoms with Crippen molar-refractivity contribution in [1.29, 1.82) is 0 Å². The molecule has 1 aliphatic rings. The molecule has 2 amide bonds. The standard InChI is InChI=1S/C18H26ClN3O3/c19-15-5-2-4-14(11-15)16(20)12-18(24)22-9-7-13(8-10-22)3-1-6-17(23)21-25/h2,4-5,11,13,16,25H,1,3,6-10,12,20H2,(H,21,23)/t16-/m0/s1. The molecule has 1 aromatic rings. The van der Waals surface area contributed by atoms with Crippen LogP contribution in [-0.2, 0) is 9.59 Å². The van der Waals surface area contributed by atoms with Gasteiger partial charge in [0.25, 0.3) is 0 Å². The Kier molecular flexibility index (Phi) is 7.68. The van der Waals surface area contributed by atoms with Crippen molar-refractivity contribution < 1.29 is 14.8 Å². The number of halogens is 1. The van der Waals surface area contributed by atoms with Crippen molar-refractivity contribution >= 4 is 23.4 Å². The van der Waals surface area contributed by atoms with Crippen LogP contribution in [0.3, 0.4) is 0 Å². The molecule has 6 nitrogen and oxygen atoms in total. The van der Waals surface area contributed by atoms with Crippen LogP contribution in [0.4, 0.5) is 0 Å². The summed E-state index contributed by atoms with van der Waals surface area (Å²) in [7, 11) is 0. The number of carbonyl (C=O) groups is 2. The summed E-state index contributed by atoms with van der Waals surface area (Å²) in [6.07, 6.45) is 4.20. The molecule has 25 heavy (non-hydrogen) atoms. The smallest absolute Gasteiger partial charge is 0.243 e. The molecular formula is C18H26ClN3O3. The third kappa shape index (κ3) is 6.30. The van der Waals surface area contributed by atoms with Gasteiger partial charge in [0.15, 0.2) is 0 Å². The van der Waals surface area contributed by atoms with Gasteiger partial charge < -0.3 is 10.6 Å². The summed E-state index contributed by atoms with van der Waals surface area (Å²) in [5, 5.41) is 9.10. The topological polar surface area (TPSA) is 95.7 Å². The van der Waals surface area contributed by atoms with Crippen LogP contribution in [-0.4, -0.2) is 35.0 Å². The molecule has 0 unspecified atom stereocenters. The molecule has 0 saturated carbocycles. The van der Waals surface area contributed by atoms with Crippen LogP contribution in [0.2, 0.25) is 5.02 Å². The van der Waals surface area contributed by atoms with Gasteiger partial charge in [0.05, 0.1) is 0 Å². The second-order valence-corrected chi connectivity index (χ2v) is 7.05. The van der Waals surface area contributed by atoms with Gasteiger partial charge in [-0.15, -0.1) is 0 Å². The van der Waals surface area contributed by atoms with E-state index in [1.165, 1.54) is 0 Å². The Labute approximate surface area is 153 Å². The zero-order chi connectivity index (χ0) is 18.2. The number of nitrogens with zero attached hydrogens (tertiary/aromatic N) is 1. The van der Waals surface area contributed by atoms with Gasteiger partial charge in [0.2, 0.25) is 11.8 Å². The number of carbonyl (C=O) groups excluding carboxylic acids is 2. The van der Waals surface area contributed by atoms with Crippen molar-refractivity contribution in [3.05, 3.63) is 34.9 Å². The fraction of sp³-hybridized carbons (Fsp3) is 0.556. The minimum atomic E-state index is -0.346. The van der Waals surface area contributed by atoms with Crippen molar-refractivity contribution in [3.63, 3.8) is 0 Å². The molecule has 4 N–H and O–H groups in total. The van der Waals surface area contributed by atoms with Gasteiger partial charge in [-0.25, -0.2) is 5.48 Å². The van der Waals surface area contributed by atoms with E-state index in [0.717, 1.165) is 44.3 Å². The Balaban J connectivity index is 1.73. The first-order chi connectivity index (χ1) is 12.0. The van der Waals surface area contributed by atoms with Crippen molar-refractivity contribution in [2.45, 2.75) is 44.6 Å². The van der Waals surface area contributed by atoms with E-state index >= 15 is 0 Å². The Morgan fingerprint density at radius 1 is 1.36 bits per heavy atom. The summed E-state index contributed by atoms with van der Waals surface area (Å²) in [4.78, 5) is 25.3. The number of hydroxylamine groups is 1. The number of rotatable bonds is 7. The van der Waals surface area contributed by atoms with Gasteiger partial charge in [0.1, 0.15) is 0 Å². The molecule has 0 radical (unpaired) electrons. The molecule has 1 fully saturated rings. The first kappa shape index (κ1) is 19.7. The zero-order valence-corrected chi connectivity index (χ0v) is 15.0. The van der Waals surface area contributed by atoms with Crippen LogP contribution in [0.15, 0.2) is 24.3 Å². The quantitative estimate of drug-likeness (QED) is 0.510. The number of nitrogens with two attached hydrogens (primary N) is 1. The summed E-state index contributed by atoms with van der Waals surface area (Å²) >= 11 is 5.97. The number of likely N-dealkylation sites (tertiary alicyclic amines) is 1. The lowest BCUT2D eigenvalue weighted by atomic mass is 9.91. The lowest BCUT2D eigenvalue weighted by molar-refractivity contribution is -0.133. The van der Waals surface area contributed by atoms with E-state index in [9.17, 15) is 9.59 Å². The zero-order valence-electron chi connectivity index (χ0n) is 14.3. The van der Waals surface area contributed by atoms with Gasteiger partial charge in [-0.1, -0.05) is 23.7 Å². The lowest BCUT2D eigenvalue weighted by Crippen LogP contribution is -2.39. The van der Waals surface area contributed by atoms with Gasteiger partial charge in [0, 0.05) is 37.0 Å². The second kappa shape index (κ2) is 9.75. The molecule has 1 aliphatic heterocycles. The molecular weight excluding hydrogens is 342 g/mol. The summed E-state index contributed by atoms with van der Waals surface area (Å²) in [5.41, 5.74) is 8.66. The number of piperidine rings is 1. The predicted molar refractivity (Wildman–Crippen MR) is 96.1 cm³/mol. The molecule has 138 valence electrons. The van der Waals surface area contributed by atoms with Crippen LogP contribution in [0.1, 0.15) is 50.1 Å². The Morgan fingerprint density at radius 2 is 2.08 bits per heavy atom. The maximum atomic E-state index is 12.4. The Hall–Kier alpha value is -1.63. The summed E-state index contributed by atoms with van der Waals surface area (Å²) in [6.45, 7) is 1.47. The molecule has 0 spiro atoms. The fourth-order valence-corrected chi connectivity index (χ4v) is 3.45. The molecule has 0 aliphatic carbocycles. The third-order valence-electron chi connectivity index (χ3n) is 4.78. The first-order valence-electron chi connectivity index (χ1n) is 8.71. The SMILES string of the molecule is N[C@@H](CC(=O)N1CCC(CCCC(=O)NO)CC1)c1cccc(Cl)c1. The number of amides is 2. The fourth-order valence-electron chi connectivity index (χ4n) is 3.25. The van der Waals surface area contributed by atoms with Crippen LogP contribution >= 0.6 is 11.6 Å². The normalized spacial score (nSPS) is 16.5. The molecule has 1 atom stereocenters. The van der Waals surface area contributed by atoms with Gasteiger partial charge in [-0.05, 0) is 49.3 Å². The molecule has 7 heteroatoms. The minimum Gasteiger partial charge on any atom is -0.343 e. The summed E-state index contributed by atoms with van der Waals surface area (Å²) in [5.74, 6) is 0.255. The maximum absolute atomic E-state index is 12.4. The van der Waals surface area contributed by atoms with Crippen molar-refractivity contribution in [3.8, 4) is 0 Å². The average Bonchev–Trinajstić information content (AvgIpc) is 2.62. The van der Waals surface area contributed by atoms with Gasteiger partial charge >= 0.3 is 0 Å². The highest BCUT2D eigenvalue weighted by molar-refractivity contribution is 6.30. The highest BCUT2D eigenvalue weighted by Gasteiger charge is 2.24. The average molecular weight is 368 g/mol. The minimum absolute atomic E-state index is 0.0746. The molecule has 2 rings (SSSR count). The number of nitrogens with one attached hydrogen (secondary N) is 1. The Morgan fingerprint density at radius 3 is 2.72 bits per heavy atom. The van der Waals surface area contributed by atoms with E-state index < -0.39 is 0 Å². The summed E-state index contributed by atoms with van der Waals surface area (Å²) < 4.78 is 0. The van der Waals surface area contributed by atoms with E-state index in [1.807, 2.05) is 17.0 Å². The molecule has 0 bridgehead atoms. The molecule has 0 aromatic heterocycles. The van der Waals surface area contributed by atoms with Crippen molar-refractivity contribution in [2.75, 3.05) is 13.1 Å². The highest BCUT2D eigenvalue weighted by Crippen LogP contribution is 2.25. The number of hydrogen-bond acceptors (Lipinski definition) is 4.